The van der Waals surface area contributed by atoms with Crippen molar-refractivity contribution in [2.24, 2.45) is 5.92 Å². The maximum Gasteiger partial charge on any atom is 0.328 e. The van der Waals surface area contributed by atoms with Crippen LogP contribution < -0.4 is 20.7 Å². The van der Waals surface area contributed by atoms with Crippen LogP contribution in [0, 0.1) is 5.92 Å². The molecule has 200 valence electrons. The molecule has 1 aromatic carbocycles. The summed E-state index contributed by atoms with van der Waals surface area (Å²) in [7, 11) is 1.71. The third-order valence-electron chi connectivity index (χ3n) is 7.83. The van der Waals surface area contributed by atoms with E-state index < -0.39 is 5.69 Å². The van der Waals surface area contributed by atoms with Gasteiger partial charge in [-0.3, -0.25) is 9.36 Å². The summed E-state index contributed by atoms with van der Waals surface area (Å²) in [5, 5.41) is 3.98. The highest BCUT2D eigenvalue weighted by atomic mass is 32.1. The van der Waals surface area contributed by atoms with Crippen LogP contribution in [-0.4, -0.2) is 57.8 Å². The minimum Gasteiger partial charge on any atom is -0.496 e. The van der Waals surface area contributed by atoms with Crippen molar-refractivity contribution in [1.29, 1.82) is 0 Å². The van der Waals surface area contributed by atoms with E-state index in [2.05, 4.69) is 14.9 Å². The molecule has 1 fully saturated rings. The van der Waals surface area contributed by atoms with E-state index in [0.29, 0.717) is 38.9 Å². The molecule has 11 heteroatoms. The van der Waals surface area contributed by atoms with E-state index >= 15 is 0 Å². The first-order valence-electron chi connectivity index (χ1n) is 13.1. The summed E-state index contributed by atoms with van der Waals surface area (Å²) in [6.45, 7) is 3.95. The largest absolute Gasteiger partial charge is 0.496 e. The second-order valence-corrected chi connectivity index (χ2v) is 11.9. The van der Waals surface area contributed by atoms with Gasteiger partial charge in [-0.05, 0) is 43.0 Å². The number of methoxy groups -OCH3 is 1. The maximum atomic E-state index is 13.3. The van der Waals surface area contributed by atoms with E-state index in [1.165, 1.54) is 21.5 Å². The van der Waals surface area contributed by atoms with Gasteiger partial charge in [0.15, 0.2) is 0 Å². The van der Waals surface area contributed by atoms with Gasteiger partial charge in [-0.1, -0.05) is 6.07 Å². The summed E-state index contributed by atoms with van der Waals surface area (Å²) in [6.07, 6.45) is 3.34. The summed E-state index contributed by atoms with van der Waals surface area (Å²) < 4.78 is 13.5. The zero-order valence-electron chi connectivity index (χ0n) is 21.4. The highest BCUT2D eigenvalue weighted by Crippen LogP contribution is 2.46. The van der Waals surface area contributed by atoms with Crippen LogP contribution >= 0.6 is 22.7 Å². The van der Waals surface area contributed by atoms with Crippen LogP contribution in [0.15, 0.2) is 50.8 Å². The number of hydrogen-bond donors (Lipinski definition) is 1. The minimum absolute atomic E-state index is 0.274. The smallest absolute Gasteiger partial charge is 0.328 e. The van der Waals surface area contributed by atoms with Gasteiger partial charge in [0, 0.05) is 48.0 Å². The van der Waals surface area contributed by atoms with E-state index in [9.17, 15) is 9.59 Å². The van der Waals surface area contributed by atoms with E-state index in [-0.39, 0.29) is 5.56 Å². The van der Waals surface area contributed by atoms with E-state index in [4.69, 9.17) is 14.5 Å². The number of unbranched alkanes of at least 4 members (excludes halogenated alkanes) is 1. The van der Waals surface area contributed by atoms with Gasteiger partial charge in [-0.15, -0.1) is 11.3 Å². The standard InChI is InChI=1S/C28H27N5O4S2/c1-36-20-5-4-6-21-22(20)18-13-32(12-17(18)14-37-21)8-2-3-9-33-27(34)25-23(31-28(33)35)24-26(39-25)29-11-19(30-24)16-7-10-38-15-16/h4-7,10-11,15,17-18H,2-3,8-9,12-14H2,1H3,(H,31,35)/t17-,18-/m1/s1. The number of fused-ring (bicyclic) bond motifs is 6. The van der Waals surface area contributed by atoms with E-state index in [1.54, 1.807) is 24.6 Å². The minimum atomic E-state index is -0.400. The first kappa shape index (κ1) is 24.5. The lowest BCUT2D eigenvalue weighted by Crippen LogP contribution is -2.34. The number of thiophene rings is 2. The number of hydrogen-bond acceptors (Lipinski definition) is 9. The molecular weight excluding hydrogens is 534 g/mol. The molecule has 2 aliphatic heterocycles. The van der Waals surface area contributed by atoms with Crippen LogP contribution in [0.25, 0.3) is 31.8 Å². The Morgan fingerprint density at radius 3 is 2.92 bits per heavy atom. The molecule has 4 aromatic heterocycles. The normalized spacial score (nSPS) is 18.8. The number of aromatic amines is 1. The van der Waals surface area contributed by atoms with Crippen molar-refractivity contribution in [2.75, 3.05) is 33.4 Å². The molecular formula is C28H27N5O4S2. The number of benzene rings is 1. The number of aromatic nitrogens is 4. The van der Waals surface area contributed by atoms with Crippen LogP contribution in [0.3, 0.4) is 0 Å². The highest BCUT2D eigenvalue weighted by molar-refractivity contribution is 7.25. The Bertz CT molecular complexity index is 1780. The fourth-order valence-corrected chi connectivity index (χ4v) is 7.55. The van der Waals surface area contributed by atoms with Gasteiger partial charge in [0.1, 0.15) is 26.5 Å². The maximum absolute atomic E-state index is 13.3. The molecule has 39 heavy (non-hydrogen) atoms. The quantitative estimate of drug-likeness (QED) is 0.295. The topological polar surface area (TPSA) is 102 Å². The average Bonchev–Trinajstić information content (AvgIpc) is 3.71. The molecule has 2 aliphatic rings. The molecule has 0 unspecified atom stereocenters. The van der Waals surface area contributed by atoms with Gasteiger partial charge in [0.2, 0.25) is 0 Å². The molecule has 1 saturated heterocycles. The second-order valence-electron chi connectivity index (χ2n) is 10.1. The lowest BCUT2D eigenvalue weighted by Gasteiger charge is -2.29. The molecule has 5 aromatic rings. The zero-order chi connectivity index (χ0) is 26.5. The molecule has 1 N–H and O–H groups in total. The fraction of sp³-hybridized carbons (Fsp3) is 0.357. The summed E-state index contributed by atoms with van der Waals surface area (Å²) in [4.78, 5) is 41.5. The Hall–Kier alpha value is -3.54. The SMILES string of the molecule is COc1cccc2c1[C@@H]1CN(CCCCn3c(=O)[nH]c4c(sc5ncc(-c6ccsc6)nc54)c3=O)C[C@@H]1CO2. The summed E-state index contributed by atoms with van der Waals surface area (Å²) in [5.74, 6) is 2.67. The first-order chi connectivity index (χ1) is 19.1. The molecule has 0 spiro atoms. The van der Waals surface area contributed by atoms with Gasteiger partial charge in [0.05, 0.1) is 31.1 Å². The third kappa shape index (κ3) is 4.25. The van der Waals surface area contributed by atoms with Crippen molar-refractivity contribution in [3.05, 3.63) is 67.6 Å². The number of H-pyrrole nitrogens is 1. The molecule has 0 bridgehead atoms. The molecule has 0 radical (unpaired) electrons. The van der Waals surface area contributed by atoms with E-state index in [0.717, 1.165) is 61.8 Å². The van der Waals surface area contributed by atoms with Gasteiger partial charge >= 0.3 is 5.69 Å². The van der Waals surface area contributed by atoms with Crippen molar-refractivity contribution < 1.29 is 9.47 Å². The molecule has 0 saturated carbocycles. The van der Waals surface area contributed by atoms with Crippen molar-refractivity contribution in [1.82, 2.24) is 24.4 Å². The Morgan fingerprint density at radius 1 is 1.18 bits per heavy atom. The van der Waals surface area contributed by atoms with Crippen LogP contribution in [-0.2, 0) is 6.54 Å². The van der Waals surface area contributed by atoms with Crippen molar-refractivity contribution in [3.63, 3.8) is 0 Å². The Morgan fingerprint density at radius 2 is 2.08 bits per heavy atom. The predicted molar refractivity (Wildman–Crippen MR) is 154 cm³/mol. The van der Waals surface area contributed by atoms with Gasteiger partial charge in [0.25, 0.3) is 5.56 Å². The molecule has 9 nitrogen and oxygen atoms in total. The Balaban J connectivity index is 1.05. The summed E-state index contributed by atoms with van der Waals surface area (Å²) in [6, 6.07) is 7.98. The predicted octanol–water partition coefficient (Wildman–Crippen LogP) is 4.32. The monoisotopic (exact) mass is 561 g/mol. The van der Waals surface area contributed by atoms with E-state index in [1.807, 2.05) is 35.0 Å². The van der Waals surface area contributed by atoms with Gasteiger partial charge in [-0.25, -0.2) is 14.8 Å². The number of nitrogens with zero attached hydrogens (tertiary/aromatic N) is 4. The first-order valence-corrected chi connectivity index (χ1v) is 14.8. The van der Waals surface area contributed by atoms with Crippen LogP contribution in [0.2, 0.25) is 0 Å². The summed E-state index contributed by atoms with van der Waals surface area (Å²) in [5.41, 5.74) is 3.24. The second kappa shape index (κ2) is 9.89. The van der Waals surface area contributed by atoms with Crippen LogP contribution in [0.1, 0.15) is 24.3 Å². The fourth-order valence-electron chi connectivity index (χ4n) is 5.91. The highest BCUT2D eigenvalue weighted by Gasteiger charge is 2.40. The van der Waals surface area contributed by atoms with Crippen molar-refractivity contribution in [3.8, 4) is 22.8 Å². The third-order valence-corrected chi connectivity index (χ3v) is 9.59. The number of ether oxygens (including phenoxy) is 2. The molecule has 6 heterocycles. The van der Waals surface area contributed by atoms with Gasteiger partial charge < -0.3 is 19.4 Å². The Labute approximate surface area is 231 Å². The van der Waals surface area contributed by atoms with Crippen LogP contribution in [0.5, 0.6) is 11.5 Å². The molecule has 7 rings (SSSR count). The number of rotatable bonds is 7. The molecule has 0 aliphatic carbocycles. The molecule has 0 amide bonds. The lowest BCUT2D eigenvalue weighted by molar-refractivity contribution is 0.209. The van der Waals surface area contributed by atoms with Crippen molar-refractivity contribution >= 4 is 43.2 Å². The summed E-state index contributed by atoms with van der Waals surface area (Å²) >= 11 is 2.86. The average molecular weight is 562 g/mol. The number of likely N-dealkylation sites (tertiary alicyclic amines) is 1. The zero-order valence-corrected chi connectivity index (χ0v) is 23.0. The number of nitrogens with one attached hydrogen (secondary N) is 1. The van der Waals surface area contributed by atoms with Gasteiger partial charge in [-0.2, -0.15) is 11.3 Å². The lowest BCUT2D eigenvalue weighted by atomic mass is 9.86. The van der Waals surface area contributed by atoms with Crippen molar-refractivity contribution in [2.45, 2.75) is 25.3 Å². The van der Waals surface area contributed by atoms with Crippen LogP contribution in [0.4, 0.5) is 0 Å². The molecule has 2 atom stereocenters. The Kier molecular flexibility index (Phi) is 6.21.